The molecule has 0 spiro atoms. The van der Waals surface area contributed by atoms with Crippen LogP contribution in [0.25, 0.3) is 0 Å². The number of halogens is 3. The predicted molar refractivity (Wildman–Crippen MR) is 106 cm³/mol. The van der Waals surface area contributed by atoms with Crippen molar-refractivity contribution in [1.82, 2.24) is 9.80 Å². The van der Waals surface area contributed by atoms with E-state index < -0.39 is 12.7 Å². The van der Waals surface area contributed by atoms with Gasteiger partial charge < -0.3 is 9.80 Å². The van der Waals surface area contributed by atoms with E-state index in [9.17, 15) is 13.2 Å². The zero-order valence-electron chi connectivity index (χ0n) is 16.8. The molecule has 0 bridgehead atoms. The van der Waals surface area contributed by atoms with Gasteiger partial charge in [0, 0.05) is 19.2 Å². The number of hydrogen-bond acceptors (Lipinski definition) is 2. The highest BCUT2D eigenvalue weighted by molar-refractivity contribution is 5.32. The molecule has 0 aromatic heterocycles. The molecular weight excluding hydrogens is 349 g/mol. The minimum absolute atomic E-state index is 0.413. The second kappa shape index (κ2) is 9.45. The van der Waals surface area contributed by atoms with Crippen molar-refractivity contribution < 1.29 is 13.2 Å². The molecule has 27 heavy (non-hydrogen) atoms. The standard InChI is InChI=1S/C22H31F3N2/c1-17(2)21(19-10-12-26(3)13-11-19)15-20(27(4)16-22(23,24)25)14-18-8-6-5-7-9-18/h5-9,15,19H,10-14,16H2,1-4H3/b20-15-. The lowest BCUT2D eigenvalue weighted by Gasteiger charge is -2.32. The van der Waals surface area contributed by atoms with Gasteiger partial charge in [-0.3, -0.25) is 0 Å². The van der Waals surface area contributed by atoms with Crippen molar-refractivity contribution >= 4 is 0 Å². The molecule has 0 unspecified atom stereocenters. The molecule has 1 aromatic rings. The molecule has 0 aliphatic carbocycles. The van der Waals surface area contributed by atoms with E-state index in [0.717, 1.165) is 31.5 Å². The van der Waals surface area contributed by atoms with Crippen molar-refractivity contribution in [2.45, 2.75) is 39.3 Å². The lowest BCUT2D eigenvalue weighted by Crippen LogP contribution is -2.32. The van der Waals surface area contributed by atoms with Crippen molar-refractivity contribution in [1.29, 1.82) is 0 Å². The largest absolute Gasteiger partial charge is 0.405 e. The summed E-state index contributed by atoms with van der Waals surface area (Å²) in [7, 11) is 3.66. The van der Waals surface area contributed by atoms with E-state index in [1.807, 2.05) is 36.4 Å². The van der Waals surface area contributed by atoms with Crippen LogP contribution in [-0.4, -0.2) is 49.7 Å². The molecule has 150 valence electrons. The SMILES string of the molecule is CC(C)=C(/C=C(/Cc1ccccc1)N(C)CC(F)(F)F)C1CCN(C)CC1. The van der Waals surface area contributed by atoms with Gasteiger partial charge in [-0.1, -0.05) is 35.9 Å². The van der Waals surface area contributed by atoms with Crippen LogP contribution in [0.4, 0.5) is 13.2 Å². The molecule has 1 aliphatic rings. The molecule has 0 radical (unpaired) electrons. The Morgan fingerprint density at radius 2 is 1.74 bits per heavy atom. The second-order valence-corrected chi connectivity index (χ2v) is 7.80. The molecule has 1 saturated heterocycles. The van der Waals surface area contributed by atoms with Crippen molar-refractivity contribution in [3.8, 4) is 0 Å². The van der Waals surface area contributed by atoms with E-state index in [1.165, 1.54) is 16.0 Å². The van der Waals surface area contributed by atoms with Gasteiger partial charge in [-0.2, -0.15) is 13.2 Å². The molecule has 0 atom stereocenters. The number of benzene rings is 1. The molecule has 5 heteroatoms. The smallest absolute Gasteiger partial charge is 0.369 e. The van der Waals surface area contributed by atoms with Gasteiger partial charge in [0.05, 0.1) is 0 Å². The zero-order chi connectivity index (χ0) is 20.0. The molecule has 1 aromatic carbocycles. The van der Waals surface area contributed by atoms with Gasteiger partial charge in [0.25, 0.3) is 0 Å². The third kappa shape index (κ3) is 7.06. The van der Waals surface area contributed by atoms with Crippen molar-refractivity contribution in [2.24, 2.45) is 5.92 Å². The number of piperidine rings is 1. The Morgan fingerprint density at radius 3 is 2.26 bits per heavy atom. The minimum Gasteiger partial charge on any atom is -0.369 e. The van der Waals surface area contributed by atoms with Gasteiger partial charge in [-0.05, 0) is 70.0 Å². The molecule has 0 N–H and O–H groups in total. The Hall–Kier alpha value is -1.75. The summed E-state index contributed by atoms with van der Waals surface area (Å²) in [6.07, 6.45) is 0.397. The summed E-state index contributed by atoms with van der Waals surface area (Å²) in [4.78, 5) is 3.66. The zero-order valence-corrected chi connectivity index (χ0v) is 16.8. The van der Waals surface area contributed by atoms with Crippen molar-refractivity contribution in [2.75, 3.05) is 33.7 Å². The monoisotopic (exact) mass is 380 g/mol. The highest BCUT2D eigenvalue weighted by Gasteiger charge is 2.30. The van der Waals surface area contributed by atoms with Crippen LogP contribution in [0.3, 0.4) is 0 Å². The lowest BCUT2D eigenvalue weighted by molar-refractivity contribution is -0.139. The average Bonchev–Trinajstić information content (AvgIpc) is 2.58. The van der Waals surface area contributed by atoms with E-state index in [-0.39, 0.29) is 0 Å². The fourth-order valence-electron chi connectivity index (χ4n) is 3.64. The van der Waals surface area contributed by atoms with Crippen LogP contribution in [-0.2, 0) is 6.42 Å². The first kappa shape index (κ1) is 21.5. The maximum Gasteiger partial charge on any atom is 0.405 e. The fraction of sp³-hybridized carbons (Fsp3) is 0.545. The van der Waals surface area contributed by atoms with Crippen LogP contribution in [0.5, 0.6) is 0 Å². The van der Waals surface area contributed by atoms with Crippen LogP contribution in [0, 0.1) is 5.92 Å². The Bertz CT molecular complexity index is 650. The summed E-state index contributed by atoms with van der Waals surface area (Å²) < 4.78 is 39.0. The molecule has 2 rings (SSSR count). The highest BCUT2D eigenvalue weighted by atomic mass is 19.4. The number of nitrogens with zero attached hydrogens (tertiary/aromatic N) is 2. The minimum atomic E-state index is -4.22. The normalized spacial score (nSPS) is 17.1. The average molecular weight is 380 g/mol. The van der Waals surface area contributed by atoms with E-state index in [0.29, 0.717) is 18.0 Å². The van der Waals surface area contributed by atoms with Crippen LogP contribution < -0.4 is 0 Å². The van der Waals surface area contributed by atoms with E-state index in [2.05, 4.69) is 25.8 Å². The maximum absolute atomic E-state index is 13.0. The van der Waals surface area contributed by atoms with Gasteiger partial charge in [0.15, 0.2) is 0 Å². The first-order chi connectivity index (χ1) is 12.7. The first-order valence-corrected chi connectivity index (χ1v) is 9.54. The van der Waals surface area contributed by atoms with Gasteiger partial charge in [0.2, 0.25) is 0 Å². The van der Waals surface area contributed by atoms with Crippen molar-refractivity contribution in [3.63, 3.8) is 0 Å². The molecule has 1 aliphatic heterocycles. The van der Waals surface area contributed by atoms with E-state index in [4.69, 9.17) is 0 Å². The van der Waals surface area contributed by atoms with Gasteiger partial charge in [-0.15, -0.1) is 0 Å². The Labute approximate surface area is 161 Å². The molecule has 1 heterocycles. The maximum atomic E-state index is 13.0. The number of allylic oxidation sites excluding steroid dienone is 4. The number of likely N-dealkylation sites (N-methyl/N-ethyl adjacent to an activating group) is 1. The summed E-state index contributed by atoms with van der Waals surface area (Å²) in [6.45, 7) is 5.25. The number of rotatable bonds is 6. The molecular formula is C22H31F3N2. The summed E-state index contributed by atoms with van der Waals surface area (Å²) in [5, 5.41) is 0. The van der Waals surface area contributed by atoms with Crippen LogP contribution in [0.2, 0.25) is 0 Å². The lowest BCUT2D eigenvalue weighted by atomic mass is 9.86. The predicted octanol–water partition coefficient (Wildman–Crippen LogP) is 5.29. The van der Waals surface area contributed by atoms with Gasteiger partial charge >= 0.3 is 6.18 Å². The first-order valence-electron chi connectivity index (χ1n) is 9.54. The van der Waals surface area contributed by atoms with E-state index >= 15 is 0 Å². The molecule has 2 nitrogen and oxygen atoms in total. The number of hydrogen-bond donors (Lipinski definition) is 0. The number of alkyl halides is 3. The fourth-order valence-corrected chi connectivity index (χ4v) is 3.64. The summed E-state index contributed by atoms with van der Waals surface area (Å²) in [5.74, 6) is 0.413. The van der Waals surface area contributed by atoms with Gasteiger partial charge in [-0.25, -0.2) is 0 Å². The van der Waals surface area contributed by atoms with Crippen LogP contribution >= 0.6 is 0 Å². The molecule has 0 saturated carbocycles. The Morgan fingerprint density at radius 1 is 1.15 bits per heavy atom. The topological polar surface area (TPSA) is 6.48 Å². The Kier molecular flexibility index (Phi) is 7.54. The summed E-state index contributed by atoms with van der Waals surface area (Å²) >= 11 is 0. The highest BCUT2D eigenvalue weighted by Crippen LogP contribution is 2.30. The second-order valence-electron chi connectivity index (χ2n) is 7.80. The quantitative estimate of drug-likeness (QED) is 0.619. The van der Waals surface area contributed by atoms with Crippen LogP contribution in [0.1, 0.15) is 32.3 Å². The number of likely N-dealkylation sites (tertiary alicyclic amines) is 1. The summed E-state index contributed by atoms with van der Waals surface area (Å²) in [6, 6.07) is 9.71. The Balaban J connectivity index is 2.32. The molecule has 0 amide bonds. The van der Waals surface area contributed by atoms with Gasteiger partial charge in [0.1, 0.15) is 6.54 Å². The van der Waals surface area contributed by atoms with Crippen LogP contribution in [0.15, 0.2) is 53.3 Å². The summed E-state index contributed by atoms with van der Waals surface area (Å²) in [5.41, 5.74) is 4.13. The van der Waals surface area contributed by atoms with Crippen molar-refractivity contribution in [3.05, 3.63) is 58.8 Å². The third-order valence-corrected chi connectivity index (χ3v) is 5.19. The third-order valence-electron chi connectivity index (χ3n) is 5.19. The van der Waals surface area contributed by atoms with E-state index in [1.54, 1.807) is 7.05 Å². The molecule has 1 fully saturated rings.